The SMILES string of the molecule is C.C.[CH2-]CC.[CH3-].[Y]. The van der Waals surface area contributed by atoms with Gasteiger partial charge in [-0.3, -0.25) is 0 Å². The Morgan fingerprint density at radius 1 is 1.29 bits per heavy atom. The Bertz CT molecular complexity index is 4.14. The molecule has 0 amide bonds. The van der Waals surface area contributed by atoms with Gasteiger partial charge in [0, 0.05) is 32.7 Å². The van der Waals surface area contributed by atoms with Gasteiger partial charge in [0.2, 0.25) is 0 Å². The van der Waals surface area contributed by atoms with E-state index in [1.54, 1.807) is 0 Å². The van der Waals surface area contributed by atoms with E-state index in [1.165, 1.54) is 0 Å². The molecule has 0 aliphatic heterocycles. The van der Waals surface area contributed by atoms with Crippen LogP contribution in [0.25, 0.3) is 0 Å². The molecule has 0 aromatic rings. The van der Waals surface area contributed by atoms with Crippen molar-refractivity contribution < 1.29 is 32.7 Å². The molecule has 0 atom stereocenters. The van der Waals surface area contributed by atoms with Crippen LogP contribution in [0, 0.1) is 14.4 Å². The molecule has 0 nitrogen and oxygen atoms in total. The van der Waals surface area contributed by atoms with Crippen molar-refractivity contribution in [1.82, 2.24) is 0 Å². The molecule has 0 heterocycles. The van der Waals surface area contributed by atoms with E-state index in [1.807, 2.05) is 6.92 Å². The van der Waals surface area contributed by atoms with Crippen LogP contribution in [0.4, 0.5) is 0 Å². The Morgan fingerprint density at radius 2 is 1.29 bits per heavy atom. The molecule has 0 saturated heterocycles. The summed E-state index contributed by atoms with van der Waals surface area (Å²) < 4.78 is 0. The van der Waals surface area contributed by atoms with Crippen LogP contribution >= 0.6 is 0 Å². The van der Waals surface area contributed by atoms with Crippen LogP contribution in [0.15, 0.2) is 0 Å². The maximum atomic E-state index is 3.49. The molecular weight excluding hydrogens is 161 g/mol. The van der Waals surface area contributed by atoms with Crippen LogP contribution in [0.1, 0.15) is 28.2 Å². The van der Waals surface area contributed by atoms with E-state index in [2.05, 4.69) is 6.92 Å². The molecule has 0 rings (SSSR count). The topological polar surface area (TPSA) is 0 Å². The van der Waals surface area contributed by atoms with Gasteiger partial charge in [-0.15, -0.1) is 0 Å². The van der Waals surface area contributed by atoms with Crippen molar-refractivity contribution in [3.8, 4) is 0 Å². The summed E-state index contributed by atoms with van der Waals surface area (Å²) >= 11 is 0. The van der Waals surface area contributed by atoms with Gasteiger partial charge in [-0.25, -0.2) is 0 Å². The predicted octanol–water partition coefficient (Wildman–Crippen LogP) is 2.95. The van der Waals surface area contributed by atoms with Gasteiger partial charge in [0.15, 0.2) is 0 Å². The molecular formula is C6H18Y-2. The Hall–Kier alpha value is 1.10. The molecule has 0 aromatic heterocycles. The monoisotopic (exact) mass is 179 g/mol. The molecule has 0 bridgehead atoms. The Balaban J connectivity index is -0.00000000333. The average molecular weight is 179 g/mol. The molecule has 0 saturated carbocycles. The fraction of sp³-hybridized carbons (Fsp3) is 0.667. The fourth-order valence-corrected chi connectivity index (χ4v) is 0. The minimum absolute atomic E-state index is 0. The molecule has 47 valence electrons. The maximum Gasteiger partial charge on any atom is 0 e. The van der Waals surface area contributed by atoms with Gasteiger partial charge in [-0.1, -0.05) is 21.8 Å². The summed E-state index contributed by atoms with van der Waals surface area (Å²) in [6.45, 7) is 5.50. The minimum atomic E-state index is 0. The second kappa shape index (κ2) is 59.8. The first-order chi connectivity index (χ1) is 1.41. The van der Waals surface area contributed by atoms with E-state index in [0.717, 1.165) is 6.42 Å². The second-order valence-electron chi connectivity index (χ2n) is 0.500. The van der Waals surface area contributed by atoms with Crippen LogP contribution < -0.4 is 0 Å². The number of hydrogen-bond acceptors (Lipinski definition) is 0. The summed E-state index contributed by atoms with van der Waals surface area (Å²) in [6.07, 6.45) is 1.00. The summed E-state index contributed by atoms with van der Waals surface area (Å²) in [7, 11) is 0. The first kappa shape index (κ1) is 42.4. The van der Waals surface area contributed by atoms with Gasteiger partial charge < -0.3 is 14.4 Å². The Labute approximate surface area is 75.0 Å². The Morgan fingerprint density at radius 3 is 1.29 bits per heavy atom. The van der Waals surface area contributed by atoms with Crippen LogP contribution in [-0.2, 0) is 32.7 Å². The molecule has 0 unspecified atom stereocenters. The normalized spacial score (nSPS) is 2.57. The third-order valence-electron chi connectivity index (χ3n) is 0. The summed E-state index contributed by atoms with van der Waals surface area (Å²) in [4.78, 5) is 0. The maximum absolute atomic E-state index is 3.49. The van der Waals surface area contributed by atoms with Crippen molar-refractivity contribution in [3.05, 3.63) is 14.4 Å². The van der Waals surface area contributed by atoms with Crippen LogP contribution in [0.3, 0.4) is 0 Å². The number of hydrogen-bond donors (Lipinski definition) is 0. The quantitative estimate of drug-likeness (QED) is 0.501. The molecule has 0 aliphatic carbocycles. The van der Waals surface area contributed by atoms with Gasteiger partial charge in [0.05, 0.1) is 0 Å². The van der Waals surface area contributed by atoms with E-state index in [0.29, 0.717) is 0 Å². The largest absolute Gasteiger partial charge is 0.358 e. The number of rotatable bonds is 0. The van der Waals surface area contributed by atoms with Crippen molar-refractivity contribution in [3.63, 3.8) is 0 Å². The van der Waals surface area contributed by atoms with Gasteiger partial charge >= 0.3 is 0 Å². The van der Waals surface area contributed by atoms with Crippen LogP contribution in [-0.4, -0.2) is 0 Å². The van der Waals surface area contributed by atoms with Gasteiger partial charge in [-0.05, 0) is 0 Å². The van der Waals surface area contributed by atoms with E-state index in [4.69, 9.17) is 0 Å². The smallest absolute Gasteiger partial charge is 0 e. The minimum Gasteiger partial charge on any atom is -0.358 e. The predicted molar refractivity (Wildman–Crippen MR) is 35.5 cm³/mol. The molecule has 0 aromatic carbocycles. The summed E-state index contributed by atoms with van der Waals surface area (Å²) in [6, 6.07) is 0. The first-order valence-electron chi connectivity index (χ1n) is 1.21. The van der Waals surface area contributed by atoms with Crippen molar-refractivity contribution in [2.75, 3.05) is 0 Å². The zero-order chi connectivity index (χ0) is 2.71. The average Bonchev–Trinajstić information content (AvgIpc) is 0.918. The van der Waals surface area contributed by atoms with Crippen molar-refractivity contribution in [1.29, 1.82) is 0 Å². The fourth-order valence-electron chi connectivity index (χ4n) is 0. The third kappa shape index (κ3) is 152. The Kier molecular flexibility index (Phi) is 363. The molecule has 0 fully saturated rings. The zero-order valence-electron chi connectivity index (χ0n) is 3.99. The standard InChI is InChI=1S/C3H7.2CH4.CH3.Y/c1-3-2;;;;/h1,3H2,2H3;2*1H4;1H3;/q-1;;;-1;. The van der Waals surface area contributed by atoms with Crippen LogP contribution in [0.2, 0.25) is 0 Å². The first-order valence-corrected chi connectivity index (χ1v) is 1.21. The molecule has 7 heavy (non-hydrogen) atoms. The molecule has 1 radical (unpaired) electrons. The van der Waals surface area contributed by atoms with E-state index < -0.39 is 0 Å². The summed E-state index contributed by atoms with van der Waals surface area (Å²) in [5.74, 6) is 0. The summed E-state index contributed by atoms with van der Waals surface area (Å²) in [5, 5.41) is 0. The van der Waals surface area contributed by atoms with E-state index in [9.17, 15) is 0 Å². The van der Waals surface area contributed by atoms with Crippen molar-refractivity contribution >= 4 is 0 Å². The van der Waals surface area contributed by atoms with Gasteiger partial charge in [0.25, 0.3) is 0 Å². The van der Waals surface area contributed by atoms with Crippen LogP contribution in [0.5, 0.6) is 0 Å². The van der Waals surface area contributed by atoms with E-state index >= 15 is 0 Å². The second-order valence-corrected chi connectivity index (χ2v) is 0.500. The van der Waals surface area contributed by atoms with Crippen molar-refractivity contribution in [2.24, 2.45) is 0 Å². The molecule has 0 N–H and O–H groups in total. The van der Waals surface area contributed by atoms with Gasteiger partial charge in [-0.2, -0.15) is 6.42 Å². The molecule has 0 spiro atoms. The molecule has 0 aliphatic rings. The van der Waals surface area contributed by atoms with E-state index in [-0.39, 0.29) is 55.0 Å². The van der Waals surface area contributed by atoms with Gasteiger partial charge in [0.1, 0.15) is 0 Å². The molecule has 1 heteroatoms. The third-order valence-corrected chi connectivity index (χ3v) is 0. The van der Waals surface area contributed by atoms with Crippen molar-refractivity contribution in [2.45, 2.75) is 28.2 Å². The summed E-state index contributed by atoms with van der Waals surface area (Å²) in [5.41, 5.74) is 0. The zero-order valence-corrected chi connectivity index (χ0v) is 6.83.